The van der Waals surface area contributed by atoms with Crippen LogP contribution in [0.1, 0.15) is 29.3 Å². The second-order valence-electron chi connectivity index (χ2n) is 5.47. The summed E-state index contributed by atoms with van der Waals surface area (Å²) in [6, 6.07) is 7.45. The Bertz CT molecular complexity index is 750. The summed E-state index contributed by atoms with van der Waals surface area (Å²) in [5, 5.41) is 0.333. The highest BCUT2D eigenvalue weighted by atomic mass is 35.5. The molecule has 0 radical (unpaired) electrons. The summed E-state index contributed by atoms with van der Waals surface area (Å²) >= 11 is 6.17. The zero-order valence-corrected chi connectivity index (χ0v) is 14.5. The van der Waals surface area contributed by atoms with Gasteiger partial charge in [0.25, 0.3) is 5.91 Å². The lowest BCUT2D eigenvalue weighted by Gasteiger charge is -2.31. The monoisotopic (exact) mass is 346 g/mol. The van der Waals surface area contributed by atoms with Crippen LogP contribution in [0.4, 0.5) is 5.69 Å². The van der Waals surface area contributed by atoms with Crippen molar-refractivity contribution in [2.24, 2.45) is 0 Å². The van der Waals surface area contributed by atoms with Crippen molar-refractivity contribution < 1.29 is 14.3 Å². The van der Waals surface area contributed by atoms with E-state index in [0.717, 1.165) is 24.1 Å². The molecule has 24 heavy (non-hydrogen) atoms. The zero-order chi connectivity index (χ0) is 17.1. The van der Waals surface area contributed by atoms with Crippen molar-refractivity contribution in [1.29, 1.82) is 0 Å². The fourth-order valence-corrected chi connectivity index (χ4v) is 3.15. The van der Waals surface area contributed by atoms with Crippen LogP contribution in [0.15, 0.2) is 30.5 Å². The maximum atomic E-state index is 13.0. The minimum atomic E-state index is -0.141. The molecule has 0 aliphatic carbocycles. The Morgan fingerprint density at radius 3 is 2.96 bits per heavy atom. The maximum Gasteiger partial charge on any atom is 0.260 e. The van der Waals surface area contributed by atoms with Gasteiger partial charge in [0.2, 0.25) is 5.88 Å². The smallest absolute Gasteiger partial charge is 0.260 e. The second kappa shape index (κ2) is 7.09. The van der Waals surface area contributed by atoms with Crippen LogP contribution < -0.4 is 14.4 Å². The normalized spacial score (nSPS) is 13.4. The number of carbonyl (C=O) groups excluding carboxylic acids is 1. The fraction of sp³-hybridized carbons (Fsp3) is 0.333. The largest absolute Gasteiger partial charge is 0.495 e. The van der Waals surface area contributed by atoms with Crippen LogP contribution in [0.2, 0.25) is 5.02 Å². The SMILES string of the molecule is CCOc1ncc(C(=O)N2CCCc3cccc(OC)c32)cc1Cl. The first kappa shape index (κ1) is 16.6. The highest BCUT2D eigenvalue weighted by Gasteiger charge is 2.27. The first-order chi connectivity index (χ1) is 11.7. The quantitative estimate of drug-likeness (QED) is 0.846. The van der Waals surface area contributed by atoms with Gasteiger partial charge in [-0.25, -0.2) is 4.98 Å². The number of nitrogens with zero attached hydrogens (tertiary/aromatic N) is 2. The number of ether oxygens (including phenoxy) is 2. The number of carbonyl (C=O) groups is 1. The van der Waals surface area contributed by atoms with Crippen molar-refractivity contribution in [3.63, 3.8) is 0 Å². The summed E-state index contributed by atoms with van der Waals surface area (Å²) in [5.74, 6) is 0.899. The molecular formula is C18H19ClN2O3. The lowest BCUT2D eigenvalue weighted by atomic mass is 10.00. The molecule has 0 unspecified atom stereocenters. The number of benzene rings is 1. The van der Waals surface area contributed by atoms with Gasteiger partial charge in [-0.3, -0.25) is 4.79 Å². The van der Waals surface area contributed by atoms with Gasteiger partial charge in [-0.05, 0) is 37.5 Å². The molecule has 0 saturated carbocycles. The van der Waals surface area contributed by atoms with Crippen LogP contribution in [-0.2, 0) is 6.42 Å². The van der Waals surface area contributed by atoms with Crippen LogP contribution in [0.5, 0.6) is 11.6 Å². The molecule has 6 heteroatoms. The molecule has 1 aliphatic heterocycles. The molecule has 0 bridgehead atoms. The molecule has 0 N–H and O–H groups in total. The van der Waals surface area contributed by atoms with E-state index in [2.05, 4.69) is 4.98 Å². The van der Waals surface area contributed by atoms with Crippen LogP contribution in [0, 0.1) is 0 Å². The van der Waals surface area contributed by atoms with Gasteiger partial charge in [-0.15, -0.1) is 0 Å². The number of amides is 1. The highest BCUT2D eigenvalue weighted by molar-refractivity contribution is 6.32. The lowest BCUT2D eigenvalue weighted by Crippen LogP contribution is -2.35. The molecule has 1 amide bonds. The number of para-hydroxylation sites is 1. The van der Waals surface area contributed by atoms with E-state index in [4.69, 9.17) is 21.1 Å². The van der Waals surface area contributed by atoms with Gasteiger partial charge in [0.1, 0.15) is 10.8 Å². The lowest BCUT2D eigenvalue weighted by molar-refractivity contribution is 0.0984. The van der Waals surface area contributed by atoms with Gasteiger partial charge >= 0.3 is 0 Å². The topological polar surface area (TPSA) is 51.7 Å². The number of anilines is 1. The molecule has 5 nitrogen and oxygen atoms in total. The first-order valence-corrected chi connectivity index (χ1v) is 8.29. The average Bonchev–Trinajstić information content (AvgIpc) is 2.62. The standard InChI is InChI=1S/C18H19ClN2O3/c1-3-24-17-14(19)10-13(11-20-17)18(22)21-9-5-7-12-6-4-8-15(23-2)16(12)21/h4,6,8,10-11H,3,5,7,9H2,1-2H3. The Kier molecular flexibility index (Phi) is 4.90. The Labute approximate surface area is 146 Å². The number of hydrogen-bond acceptors (Lipinski definition) is 4. The van der Waals surface area contributed by atoms with Gasteiger partial charge in [-0.2, -0.15) is 0 Å². The van der Waals surface area contributed by atoms with Gasteiger partial charge < -0.3 is 14.4 Å². The van der Waals surface area contributed by atoms with Crippen molar-refractivity contribution in [2.45, 2.75) is 19.8 Å². The predicted octanol–water partition coefficient (Wildman–Crippen LogP) is 3.74. The molecule has 1 aromatic heterocycles. The maximum absolute atomic E-state index is 13.0. The van der Waals surface area contributed by atoms with Gasteiger partial charge in [-0.1, -0.05) is 23.7 Å². The summed E-state index contributed by atoms with van der Waals surface area (Å²) in [6.45, 7) is 2.96. The molecule has 2 heterocycles. The van der Waals surface area contributed by atoms with Crippen LogP contribution >= 0.6 is 11.6 Å². The molecule has 126 valence electrons. The van der Waals surface area contributed by atoms with E-state index in [9.17, 15) is 4.79 Å². The molecule has 1 aromatic carbocycles. The molecule has 2 aromatic rings. The number of halogens is 1. The number of aromatic nitrogens is 1. The number of pyridine rings is 1. The van der Waals surface area contributed by atoms with E-state index in [-0.39, 0.29) is 5.91 Å². The Morgan fingerprint density at radius 1 is 1.42 bits per heavy atom. The van der Waals surface area contributed by atoms with E-state index in [1.165, 1.54) is 6.20 Å². The van der Waals surface area contributed by atoms with Crippen molar-refractivity contribution in [3.05, 3.63) is 46.6 Å². The minimum absolute atomic E-state index is 0.141. The highest BCUT2D eigenvalue weighted by Crippen LogP contribution is 2.37. The number of rotatable bonds is 4. The Balaban J connectivity index is 1.96. The van der Waals surface area contributed by atoms with Crippen molar-refractivity contribution >= 4 is 23.2 Å². The number of hydrogen-bond donors (Lipinski definition) is 0. The van der Waals surface area contributed by atoms with Crippen LogP contribution in [0.3, 0.4) is 0 Å². The third-order valence-corrected chi connectivity index (χ3v) is 4.25. The molecule has 1 aliphatic rings. The average molecular weight is 347 g/mol. The van der Waals surface area contributed by atoms with Crippen molar-refractivity contribution in [1.82, 2.24) is 4.98 Å². The summed E-state index contributed by atoms with van der Waals surface area (Å²) in [7, 11) is 1.61. The third-order valence-electron chi connectivity index (χ3n) is 3.98. The van der Waals surface area contributed by atoms with Crippen LogP contribution in [-0.4, -0.2) is 31.2 Å². The van der Waals surface area contributed by atoms with E-state index in [1.807, 2.05) is 25.1 Å². The molecule has 0 atom stereocenters. The van der Waals surface area contributed by atoms with Gasteiger partial charge in [0, 0.05) is 12.7 Å². The van der Waals surface area contributed by atoms with E-state index < -0.39 is 0 Å². The number of methoxy groups -OCH3 is 1. The molecule has 3 rings (SSSR count). The summed E-state index contributed by atoms with van der Waals surface area (Å²) < 4.78 is 10.8. The van der Waals surface area contributed by atoms with Gasteiger partial charge in [0.05, 0.1) is 25.0 Å². The summed E-state index contributed by atoms with van der Waals surface area (Å²) in [4.78, 5) is 18.9. The van der Waals surface area contributed by atoms with Crippen molar-refractivity contribution in [2.75, 3.05) is 25.2 Å². The number of fused-ring (bicyclic) bond motifs is 1. The van der Waals surface area contributed by atoms with Crippen LogP contribution in [0.25, 0.3) is 0 Å². The Hall–Kier alpha value is -2.27. The predicted molar refractivity (Wildman–Crippen MR) is 93.4 cm³/mol. The van der Waals surface area contributed by atoms with E-state index in [0.29, 0.717) is 35.4 Å². The molecule has 0 fully saturated rings. The summed E-state index contributed by atoms with van der Waals surface area (Å²) in [5.41, 5.74) is 2.38. The number of aryl methyl sites for hydroxylation is 1. The molecular weight excluding hydrogens is 328 g/mol. The zero-order valence-electron chi connectivity index (χ0n) is 13.7. The molecule has 0 spiro atoms. The fourth-order valence-electron chi connectivity index (χ4n) is 2.92. The molecule has 0 saturated heterocycles. The minimum Gasteiger partial charge on any atom is -0.495 e. The first-order valence-electron chi connectivity index (χ1n) is 7.91. The second-order valence-corrected chi connectivity index (χ2v) is 5.88. The third kappa shape index (κ3) is 3.04. The van der Waals surface area contributed by atoms with Gasteiger partial charge in [0.15, 0.2) is 0 Å². The summed E-state index contributed by atoms with van der Waals surface area (Å²) in [6.07, 6.45) is 3.34. The van der Waals surface area contributed by atoms with E-state index >= 15 is 0 Å². The van der Waals surface area contributed by atoms with Crippen molar-refractivity contribution in [3.8, 4) is 11.6 Å². The van der Waals surface area contributed by atoms with E-state index in [1.54, 1.807) is 18.1 Å². The Morgan fingerprint density at radius 2 is 2.25 bits per heavy atom.